The summed E-state index contributed by atoms with van der Waals surface area (Å²) in [5, 5.41) is 2.93. The van der Waals surface area contributed by atoms with Gasteiger partial charge >= 0.3 is 6.18 Å². The SMILES string of the molecule is C=C(C)C(/C=C(/C)NC)=C\C(=C/C)CC(F)(F)F. The molecule has 0 radical (unpaired) electrons. The van der Waals surface area contributed by atoms with Crippen LogP contribution in [0, 0.1) is 0 Å². The van der Waals surface area contributed by atoms with Gasteiger partial charge in [0.2, 0.25) is 0 Å². The molecular formula is C14H20F3N. The molecule has 0 rings (SSSR count). The Bertz CT molecular complexity index is 384. The first-order chi connectivity index (χ1) is 8.19. The standard InChI is InChI=1S/C14H20F3N/c1-6-12(9-14(15,16)17)8-13(10(2)3)7-11(4)18-5/h6-8,18H,2,9H2,1,3-5H3/b11-7-,12-6+,13-8-. The van der Waals surface area contributed by atoms with E-state index < -0.39 is 12.6 Å². The van der Waals surface area contributed by atoms with Crippen molar-refractivity contribution >= 4 is 0 Å². The molecule has 0 saturated carbocycles. The van der Waals surface area contributed by atoms with E-state index in [0.717, 1.165) is 11.3 Å². The lowest BCUT2D eigenvalue weighted by Gasteiger charge is -2.10. The first kappa shape index (κ1) is 16.6. The lowest BCUT2D eigenvalue weighted by Crippen LogP contribution is -2.08. The summed E-state index contributed by atoms with van der Waals surface area (Å²) in [4.78, 5) is 0. The van der Waals surface area contributed by atoms with Crippen LogP contribution >= 0.6 is 0 Å². The van der Waals surface area contributed by atoms with Crippen molar-refractivity contribution in [2.45, 2.75) is 33.4 Å². The Morgan fingerprint density at radius 1 is 1.22 bits per heavy atom. The topological polar surface area (TPSA) is 12.0 Å². The van der Waals surface area contributed by atoms with Gasteiger partial charge in [-0.1, -0.05) is 24.3 Å². The number of rotatable bonds is 5. The zero-order valence-electron chi connectivity index (χ0n) is 11.3. The Labute approximate surface area is 107 Å². The highest BCUT2D eigenvalue weighted by Gasteiger charge is 2.27. The van der Waals surface area contributed by atoms with Crippen LogP contribution in [-0.2, 0) is 0 Å². The number of halogens is 3. The molecule has 102 valence electrons. The number of allylic oxidation sites excluding steroid dienone is 7. The third-order valence-electron chi connectivity index (χ3n) is 2.38. The van der Waals surface area contributed by atoms with Crippen LogP contribution in [0.15, 0.2) is 47.2 Å². The molecule has 0 bridgehead atoms. The van der Waals surface area contributed by atoms with Gasteiger partial charge in [0.1, 0.15) is 0 Å². The highest BCUT2D eigenvalue weighted by atomic mass is 19.4. The van der Waals surface area contributed by atoms with Crippen molar-refractivity contribution < 1.29 is 13.2 Å². The van der Waals surface area contributed by atoms with Crippen molar-refractivity contribution in [1.29, 1.82) is 0 Å². The molecule has 0 atom stereocenters. The van der Waals surface area contributed by atoms with Crippen molar-refractivity contribution in [2.24, 2.45) is 0 Å². The number of alkyl halides is 3. The molecule has 0 aromatic carbocycles. The smallest absolute Gasteiger partial charge is 0.392 e. The summed E-state index contributed by atoms with van der Waals surface area (Å²) in [5.41, 5.74) is 2.53. The molecule has 0 aliphatic heterocycles. The molecule has 1 nitrogen and oxygen atoms in total. The summed E-state index contributed by atoms with van der Waals surface area (Å²) in [5.74, 6) is 0. The van der Waals surface area contributed by atoms with Crippen LogP contribution in [0.2, 0.25) is 0 Å². The monoisotopic (exact) mass is 259 g/mol. The van der Waals surface area contributed by atoms with E-state index in [-0.39, 0.29) is 5.57 Å². The van der Waals surface area contributed by atoms with Crippen LogP contribution in [0.1, 0.15) is 27.2 Å². The van der Waals surface area contributed by atoms with Gasteiger partial charge in [-0.05, 0) is 38.0 Å². The minimum absolute atomic E-state index is 0.237. The van der Waals surface area contributed by atoms with Gasteiger partial charge in [-0.2, -0.15) is 13.2 Å². The van der Waals surface area contributed by atoms with Crippen molar-refractivity contribution in [3.8, 4) is 0 Å². The molecule has 0 aromatic heterocycles. The van der Waals surface area contributed by atoms with E-state index in [1.54, 1.807) is 27.0 Å². The first-order valence-corrected chi connectivity index (χ1v) is 5.65. The van der Waals surface area contributed by atoms with E-state index in [1.165, 1.54) is 12.2 Å². The minimum Gasteiger partial charge on any atom is -0.392 e. The van der Waals surface area contributed by atoms with Gasteiger partial charge < -0.3 is 5.32 Å². The zero-order chi connectivity index (χ0) is 14.3. The second-order valence-corrected chi connectivity index (χ2v) is 4.11. The van der Waals surface area contributed by atoms with Crippen LogP contribution in [-0.4, -0.2) is 13.2 Å². The van der Waals surface area contributed by atoms with E-state index in [0.29, 0.717) is 5.57 Å². The van der Waals surface area contributed by atoms with E-state index in [1.807, 2.05) is 6.92 Å². The molecule has 0 heterocycles. The number of hydrogen-bond acceptors (Lipinski definition) is 1. The van der Waals surface area contributed by atoms with Gasteiger partial charge in [0, 0.05) is 12.7 Å². The van der Waals surface area contributed by atoms with Gasteiger partial charge in [0.25, 0.3) is 0 Å². The van der Waals surface area contributed by atoms with Crippen molar-refractivity contribution in [3.63, 3.8) is 0 Å². The van der Waals surface area contributed by atoms with Gasteiger partial charge in [-0.25, -0.2) is 0 Å². The quantitative estimate of drug-likeness (QED) is 0.716. The van der Waals surface area contributed by atoms with Crippen molar-refractivity contribution in [2.75, 3.05) is 7.05 Å². The average Bonchev–Trinajstić information content (AvgIpc) is 2.24. The lowest BCUT2D eigenvalue weighted by molar-refractivity contribution is -0.126. The van der Waals surface area contributed by atoms with Crippen LogP contribution in [0.25, 0.3) is 0 Å². The van der Waals surface area contributed by atoms with Crippen LogP contribution in [0.4, 0.5) is 13.2 Å². The van der Waals surface area contributed by atoms with Gasteiger partial charge in [0.05, 0.1) is 6.42 Å². The van der Waals surface area contributed by atoms with E-state index >= 15 is 0 Å². The summed E-state index contributed by atoms with van der Waals surface area (Å²) >= 11 is 0. The van der Waals surface area contributed by atoms with Gasteiger partial charge in [0.15, 0.2) is 0 Å². The molecule has 4 heteroatoms. The summed E-state index contributed by atoms with van der Waals surface area (Å²) in [6.45, 7) is 8.99. The fraction of sp³-hybridized carbons (Fsp3) is 0.429. The molecule has 0 aliphatic rings. The highest BCUT2D eigenvalue weighted by Crippen LogP contribution is 2.26. The Kier molecular flexibility index (Phi) is 6.52. The van der Waals surface area contributed by atoms with Crippen LogP contribution in [0.3, 0.4) is 0 Å². The van der Waals surface area contributed by atoms with E-state index in [4.69, 9.17) is 0 Å². The molecule has 18 heavy (non-hydrogen) atoms. The molecule has 0 spiro atoms. The van der Waals surface area contributed by atoms with Gasteiger partial charge in [-0.3, -0.25) is 0 Å². The largest absolute Gasteiger partial charge is 0.393 e. The predicted octanol–water partition coefficient (Wildman–Crippen LogP) is 4.51. The predicted molar refractivity (Wildman–Crippen MR) is 70.1 cm³/mol. The van der Waals surface area contributed by atoms with E-state index in [9.17, 15) is 13.2 Å². The average molecular weight is 259 g/mol. The first-order valence-electron chi connectivity index (χ1n) is 5.65. The van der Waals surface area contributed by atoms with Crippen molar-refractivity contribution in [1.82, 2.24) is 5.32 Å². The minimum atomic E-state index is -4.19. The van der Waals surface area contributed by atoms with Gasteiger partial charge in [-0.15, -0.1) is 0 Å². The molecule has 0 aromatic rings. The van der Waals surface area contributed by atoms with E-state index in [2.05, 4.69) is 11.9 Å². The fourth-order valence-electron chi connectivity index (χ4n) is 1.26. The number of nitrogens with one attached hydrogen (secondary N) is 1. The molecule has 1 N–H and O–H groups in total. The third kappa shape index (κ3) is 6.99. The molecule has 0 aliphatic carbocycles. The maximum atomic E-state index is 12.4. The molecular weight excluding hydrogens is 239 g/mol. The fourth-order valence-corrected chi connectivity index (χ4v) is 1.26. The Morgan fingerprint density at radius 2 is 1.78 bits per heavy atom. The molecule has 0 unspecified atom stereocenters. The molecule has 0 fully saturated rings. The Morgan fingerprint density at radius 3 is 2.11 bits per heavy atom. The zero-order valence-corrected chi connectivity index (χ0v) is 11.3. The highest BCUT2D eigenvalue weighted by molar-refractivity contribution is 5.43. The molecule has 0 amide bonds. The molecule has 0 saturated heterocycles. The summed E-state index contributed by atoms with van der Waals surface area (Å²) in [7, 11) is 1.76. The summed E-state index contributed by atoms with van der Waals surface area (Å²) in [6, 6.07) is 0. The summed E-state index contributed by atoms with van der Waals surface area (Å²) in [6.07, 6.45) is -0.342. The Hall–Kier alpha value is -1.45. The maximum Gasteiger partial charge on any atom is 0.393 e. The number of hydrogen-bond donors (Lipinski definition) is 1. The second-order valence-electron chi connectivity index (χ2n) is 4.11. The lowest BCUT2D eigenvalue weighted by atomic mass is 10.0. The summed E-state index contributed by atoms with van der Waals surface area (Å²) < 4.78 is 37.1. The van der Waals surface area contributed by atoms with Crippen molar-refractivity contribution in [3.05, 3.63) is 47.2 Å². The Balaban J connectivity index is 5.23. The third-order valence-corrected chi connectivity index (χ3v) is 2.38. The maximum absolute atomic E-state index is 12.4. The second kappa shape index (κ2) is 7.09. The normalized spacial score (nSPS) is 14.7. The van der Waals surface area contributed by atoms with Crippen LogP contribution < -0.4 is 5.32 Å². The van der Waals surface area contributed by atoms with Crippen LogP contribution in [0.5, 0.6) is 0 Å².